The molecule has 2 heterocycles. The third-order valence-corrected chi connectivity index (χ3v) is 7.73. The van der Waals surface area contributed by atoms with Gasteiger partial charge in [-0.3, -0.25) is 10.1 Å². The number of amides is 1. The highest BCUT2D eigenvalue weighted by Crippen LogP contribution is 2.29. The minimum Gasteiger partial charge on any atom is -0.463 e. The second-order valence-electron chi connectivity index (χ2n) is 10.4. The number of anilines is 1. The van der Waals surface area contributed by atoms with E-state index in [9.17, 15) is 9.59 Å². The van der Waals surface area contributed by atoms with E-state index in [-0.39, 0.29) is 17.6 Å². The van der Waals surface area contributed by atoms with E-state index in [1.165, 1.54) is 51.4 Å². The van der Waals surface area contributed by atoms with E-state index in [1.54, 1.807) is 13.0 Å². The Balaban J connectivity index is 1.36. The molecule has 192 valence electrons. The summed E-state index contributed by atoms with van der Waals surface area (Å²) in [6.07, 6.45) is 12.9. The lowest BCUT2D eigenvalue weighted by atomic mass is 9.88. The van der Waals surface area contributed by atoms with Crippen LogP contribution < -0.4 is 15.5 Å². The topological polar surface area (TPSA) is 96.5 Å². The molecule has 1 aliphatic heterocycles. The van der Waals surface area contributed by atoms with Crippen LogP contribution in [0.3, 0.4) is 0 Å². The standard InChI is InChI=1S/C27H41N5O3/c1-3-35-27(34)21-16-19(2)12-13-22(21)29-26(33)23-14-15-25(31-30-23)32-17-24(28-18-32)20-10-8-6-4-5-7-9-11-20/h14-15,19-20,24,28H,3-13,16-18H2,1-2H3,(H,29,33). The molecule has 0 bridgehead atoms. The minimum absolute atomic E-state index is 0.253. The molecule has 0 radical (unpaired) electrons. The molecule has 4 rings (SSSR count). The number of esters is 1. The van der Waals surface area contributed by atoms with Crippen LogP contribution in [-0.4, -0.2) is 47.9 Å². The summed E-state index contributed by atoms with van der Waals surface area (Å²) in [6.45, 7) is 5.90. The minimum atomic E-state index is -0.341. The molecule has 3 aliphatic rings. The summed E-state index contributed by atoms with van der Waals surface area (Å²) < 4.78 is 5.20. The van der Waals surface area contributed by atoms with Crippen LogP contribution in [0.2, 0.25) is 0 Å². The van der Waals surface area contributed by atoms with E-state index >= 15 is 0 Å². The number of rotatable bonds is 6. The molecule has 8 heteroatoms. The number of carbonyl (C=O) groups is 2. The molecule has 1 saturated carbocycles. The van der Waals surface area contributed by atoms with Gasteiger partial charge in [-0.2, -0.15) is 0 Å². The monoisotopic (exact) mass is 483 g/mol. The maximum absolute atomic E-state index is 12.9. The van der Waals surface area contributed by atoms with Crippen LogP contribution in [0.1, 0.15) is 95.0 Å². The summed E-state index contributed by atoms with van der Waals surface area (Å²) in [5.41, 5.74) is 1.48. The van der Waals surface area contributed by atoms with Crippen molar-refractivity contribution in [3.63, 3.8) is 0 Å². The van der Waals surface area contributed by atoms with E-state index < -0.39 is 0 Å². The van der Waals surface area contributed by atoms with Crippen LogP contribution in [0.25, 0.3) is 0 Å². The van der Waals surface area contributed by atoms with Crippen molar-refractivity contribution in [3.05, 3.63) is 29.1 Å². The number of hydrogen-bond acceptors (Lipinski definition) is 7. The van der Waals surface area contributed by atoms with E-state index in [2.05, 4.69) is 32.7 Å². The number of nitrogens with zero attached hydrogens (tertiary/aromatic N) is 3. The van der Waals surface area contributed by atoms with Crippen LogP contribution in [0.5, 0.6) is 0 Å². The SMILES string of the molecule is CCOC(=O)C1=C(NC(=O)c2ccc(N3CNC(C4CCCCCCCC4)C3)nn2)CCC(C)C1. The van der Waals surface area contributed by atoms with Crippen molar-refractivity contribution in [2.45, 2.75) is 90.5 Å². The average molecular weight is 484 g/mol. The van der Waals surface area contributed by atoms with Crippen LogP contribution in [0, 0.1) is 11.8 Å². The zero-order chi connectivity index (χ0) is 24.6. The van der Waals surface area contributed by atoms with Crippen LogP contribution >= 0.6 is 0 Å². The summed E-state index contributed by atoms with van der Waals surface area (Å²) in [5, 5.41) is 15.2. The first-order chi connectivity index (χ1) is 17.0. The second kappa shape index (κ2) is 12.5. The number of allylic oxidation sites excluding steroid dienone is 1. The zero-order valence-corrected chi connectivity index (χ0v) is 21.4. The highest BCUT2D eigenvalue weighted by molar-refractivity contribution is 5.96. The highest BCUT2D eigenvalue weighted by atomic mass is 16.5. The molecule has 2 aliphatic carbocycles. The number of aromatic nitrogens is 2. The van der Waals surface area contributed by atoms with Gasteiger partial charge < -0.3 is 15.0 Å². The van der Waals surface area contributed by atoms with Crippen molar-refractivity contribution in [1.29, 1.82) is 0 Å². The quantitative estimate of drug-likeness (QED) is 0.581. The third kappa shape index (κ3) is 6.81. The summed E-state index contributed by atoms with van der Waals surface area (Å²) in [4.78, 5) is 27.5. The van der Waals surface area contributed by atoms with Crippen LogP contribution in [0.15, 0.2) is 23.4 Å². The van der Waals surface area contributed by atoms with Gasteiger partial charge in [0.1, 0.15) is 0 Å². The first-order valence-electron chi connectivity index (χ1n) is 13.6. The van der Waals surface area contributed by atoms with Crippen molar-refractivity contribution in [2.75, 3.05) is 24.7 Å². The summed E-state index contributed by atoms with van der Waals surface area (Å²) in [5.74, 6) is 1.22. The van der Waals surface area contributed by atoms with E-state index in [0.29, 0.717) is 42.7 Å². The fourth-order valence-corrected chi connectivity index (χ4v) is 5.65. The van der Waals surface area contributed by atoms with Crippen molar-refractivity contribution in [2.24, 2.45) is 11.8 Å². The molecular formula is C27H41N5O3. The Hall–Kier alpha value is -2.48. The van der Waals surface area contributed by atoms with Gasteiger partial charge in [0.25, 0.3) is 5.91 Å². The zero-order valence-electron chi connectivity index (χ0n) is 21.4. The first kappa shape index (κ1) is 25.6. The number of nitrogens with one attached hydrogen (secondary N) is 2. The molecule has 1 saturated heterocycles. The predicted octanol–water partition coefficient (Wildman–Crippen LogP) is 4.33. The molecule has 0 spiro atoms. The van der Waals surface area contributed by atoms with Gasteiger partial charge in [-0.25, -0.2) is 4.79 Å². The number of ether oxygens (including phenoxy) is 1. The summed E-state index contributed by atoms with van der Waals surface area (Å²) in [7, 11) is 0. The molecular weight excluding hydrogens is 442 g/mol. The third-order valence-electron chi connectivity index (χ3n) is 7.73. The lowest BCUT2D eigenvalue weighted by molar-refractivity contribution is -0.139. The summed E-state index contributed by atoms with van der Waals surface area (Å²) in [6, 6.07) is 4.08. The average Bonchev–Trinajstić information content (AvgIpc) is 3.39. The van der Waals surface area contributed by atoms with Crippen LogP contribution in [0.4, 0.5) is 5.82 Å². The predicted molar refractivity (Wildman–Crippen MR) is 136 cm³/mol. The van der Waals surface area contributed by atoms with Gasteiger partial charge in [-0.15, -0.1) is 10.2 Å². The van der Waals surface area contributed by atoms with Gasteiger partial charge in [0, 0.05) is 18.3 Å². The Morgan fingerprint density at radius 2 is 1.83 bits per heavy atom. The van der Waals surface area contributed by atoms with Gasteiger partial charge in [0.05, 0.1) is 18.8 Å². The maximum Gasteiger partial charge on any atom is 0.335 e. The molecule has 1 amide bonds. The van der Waals surface area contributed by atoms with Gasteiger partial charge in [0.2, 0.25) is 0 Å². The Morgan fingerprint density at radius 1 is 1.09 bits per heavy atom. The molecule has 1 aromatic rings. The van der Waals surface area contributed by atoms with Crippen molar-refractivity contribution >= 4 is 17.7 Å². The van der Waals surface area contributed by atoms with Crippen molar-refractivity contribution in [1.82, 2.24) is 20.8 Å². The van der Waals surface area contributed by atoms with E-state index in [0.717, 1.165) is 31.4 Å². The Morgan fingerprint density at radius 3 is 2.51 bits per heavy atom. The highest BCUT2D eigenvalue weighted by Gasteiger charge is 2.30. The largest absolute Gasteiger partial charge is 0.463 e. The second-order valence-corrected chi connectivity index (χ2v) is 10.4. The Kier molecular flexibility index (Phi) is 9.12. The van der Waals surface area contributed by atoms with Crippen LogP contribution in [-0.2, 0) is 9.53 Å². The fraction of sp³-hybridized carbons (Fsp3) is 0.704. The summed E-state index contributed by atoms with van der Waals surface area (Å²) >= 11 is 0. The van der Waals surface area contributed by atoms with Gasteiger partial charge in [-0.1, -0.05) is 45.4 Å². The molecule has 0 aromatic carbocycles. The normalized spacial score (nSPS) is 24.5. The molecule has 2 atom stereocenters. The maximum atomic E-state index is 12.9. The molecule has 35 heavy (non-hydrogen) atoms. The molecule has 1 aromatic heterocycles. The molecule has 2 unspecified atom stereocenters. The van der Waals surface area contributed by atoms with Gasteiger partial charge in [0.15, 0.2) is 11.5 Å². The van der Waals surface area contributed by atoms with Gasteiger partial charge >= 0.3 is 5.97 Å². The van der Waals surface area contributed by atoms with Crippen molar-refractivity contribution in [3.8, 4) is 0 Å². The van der Waals surface area contributed by atoms with E-state index in [4.69, 9.17) is 4.74 Å². The molecule has 2 fully saturated rings. The Bertz CT molecular complexity index is 891. The number of carbonyl (C=O) groups excluding carboxylic acids is 2. The lowest BCUT2D eigenvalue weighted by Gasteiger charge is -2.24. The molecule has 2 N–H and O–H groups in total. The number of hydrogen-bond donors (Lipinski definition) is 2. The Labute approximate surface area is 209 Å². The first-order valence-corrected chi connectivity index (χ1v) is 13.6. The van der Waals surface area contributed by atoms with Crippen molar-refractivity contribution < 1.29 is 14.3 Å². The lowest BCUT2D eigenvalue weighted by Crippen LogP contribution is -2.33. The molecule has 8 nitrogen and oxygen atoms in total. The van der Waals surface area contributed by atoms with Gasteiger partial charge in [-0.05, 0) is 63.0 Å². The van der Waals surface area contributed by atoms with E-state index in [1.807, 2.05) is 6.07 Å². The smallest absolute Gasteiger partial charge is 0.335 e. The fourth-order valence-electron chi connectivity index (χ4n) is 5.65.